The second-order valence-corrected chi connectivity index (χ2v) is 6.04. The Morgan fingerprint density at radius 2 is 2.00 bits per heavy atom. The van der Waals surface area contributed by atoms with E-state index in [9.17, 15) is 8.78 Å². The van der Waals surface area contributed by atoms with Crippen LogP contribution in [0.25, 0.3) is 0 Å². The Labute approximate surface area is 118 Å². The van der Waals surface area contributed by atoms with Gasteiger partial charge in [0.15, 0.2) is 0 Å². The van der Waals surface area contributed by atoms with Crippen molar-refractivity contribution in [1.82, 2.24) is 5.32 Å². The number of nitrogens with one attached hydrogen (secondary N) is 1. The van der Waals surface area contributed by atoms with E-state index in [-0.39, 0.29) is 23.1 Å². The third-order valence-corrected chi connectivity index (χ3v) is 4.89. The zero-order valence-electron chi connectivity index (χ0n) is 11.8. The number of hydrogen-bond donors (Lipinski definition) is 1. The van der Waals surface area contributed by atoms with E-state index in [1.54, 1.807) is 7.05 Å². The maximum atomic E-state index is 14.0. The molecule has 0 bridgehead atoms. The van der Waals surface area contributed by atoms with Gasteiger partial charge in [0.05, 0.1) is 5.60 Å². The molecule has 2 aliphatic rings. The summed E-state index contributed by atoms with van der Waals surface area (Å²) in [6.45, 7) is 0.693. The van der Waals surface area contributed by atoms with Gasteiger partial charge < -0.3 is 10.1 Å². The van der Waals surface area contributed by atoms with Gasteiger partial charge in [0.2, 0.25) is 0 Å². The molecule has 2 nitrogen and oxygen atoms in total. The molecule has 0 aromatic heterocycles. The normalized spacial score (nSPS) is 26.2. The minimum absolute atomic E-state index is 0.0141. The van der Waals surface area contributed by atoms with Crippen molar-refractivity contribution in [2.75, 3.05) is 13.7 Å². The highest BCUT2D eigenvalue weighted by molar-refractivity contribution is 5.24. The van der Waals surface area contributed by atoms with Gasteiger partial charge in [-0.25, -0.2) is 8.78 Å². The van der Waals surface area contributed by atoms with E-state index in [0.717, 1.165) is 25.7 Å². The Morgan fingerprint density at radius 1 is 1.30 bits per heavy atom. The molecule has 20 heavy (non-hydrogen) atoms. The van der Waals surface area contributed by atoms with Crippen LogP contribution < -0.4 is 5.32 Å². The lowest BCUT2D eigenvalue weighted by Crippen LogP contribution is -2.47. The fourth-order valence-electron chi connectivity index (χ4n) is 3.69. The lowest BCUT2D eigenvalue weighted by molar-refractivity contribution is -0.147. The molecule has 2 fully saturated rings. The van der Waals surface area contributed by atoms with Crippen molar-refractivity contribution in [2.24, 2.45) is 5.92 Å². The number of benzene rings is 1. The van der Waals surface area contributed by atoms with E-state index in [1.807, 2.05) is 0 Å². The highest BCUT2D eigenvalue weighted by atomic mass is 19.1. The molecule has 0 amide bonds. The molecule has 1 aromatic rings. The van der Waals surface area contributed by atoms with Crippen molar-refractivity contribution >= 4 is 0 Å². The second kappa shape index (κ2) is 5.41. The summed E-state index contributed by atoms with van der Waals surface area (Å²) in [7, 11) is 1.78. The molecular weight excluding hydrogens is 260 g/mol. The van der Waals surface area contributed by atoms with Crippen molar-refractivity contribution in [3.05, 3.63) is 35.4 Å². The van der Waals surface area contributed by atoms with Crippen LogP contribution >= 0.6 is 0 Å². The lowest BCUT2D eigenvalue weighted by Gasteiger charge is -2.48. The molecule has 1 N–H and O–H groups in total. The highest BCUT2D eigenvalue weighted by Crippen LogP contribution is 2.47. The van der Waals surface area contributed by atoms with Crippen LogP contribution in [-0.4, -0.2) is 19.3 Å². The highest BCUT2D eigenvalue weighted by Gasteiger charge is 2.44. The smallest absolute Gasteiger partial charge is 0.130 e. The minimum Gasteiger partial charge on any atom is -0.375 e. The van der Waals surface area contributed by atoms with E-state index in [0.29, 0.717) is 6.61 Å². The largest absolute Gasteiger partial charge is 0.375 e. The maximum Gasteiger partial charge on any atom is 0.130 e. The molecule has 3 rings (SSSR count). The van der Waals surface area contributed by atoms with Crippen LogP contribution in [0.2, 0.25) is 0 Å². The predicted molar refractivity (Wildman–Crippen MR) is 73.4 cm³/mol. The molecule has 2 atom stereocenters. The van der Waals surface area contributed by atoms with Gasteiger partial charge in [-0.05, 0) is 57.2 Å². The van der Waals surface area contributed by atoms with Crippen LogP contribution in [0.15, 0.2) is 18.2 Å². The van der Waals surface area contributed by atoms with Gasteiger partial charge in [-0.15, -0.1) is 0 Å². The van der Waals surface area contributed by atoms with Crippen molar-refractivity contribution in [2.45, 2.75) is 43.7 Å². The SMILES string of the molecule is CNC(c1c(F)cccc1F)C1CCOC2(CCC2)C1. The Kier molecular flexibility index (Phi) is 3.78. The zero-order chi connectivity index (χ0) is 14.2. The van der Waals surface area contributed by atoms with Crippen LogP contribution in [0, 0.1) is 17.6 Å². The van der Waals surface area contributed by atoms with Gasteiger partial charge in [0.1, 0.15) is 11.6 Å². The number of rotatable bonds is 3. The van der Waals surface area contributed by atoms with Gasteiger partial charge in [-0.2, -0.15) is 0 Å². The zero-order valence-corrected chi connectivity index (χ0v) is 11.8. The standard InChI is InChI=1S/C16H21F2NO/c1-19-15(14-12(17)4-2-5-13(14)18)11-6-9-20-16(10-11)7-3-8-16/h2,4-5,11,15,19H,3,6-10H2,1H3. The lowest BCUT2D eigenvalue weighted by atomic mass is 9.69. The summed E-state index contributed by atoms with van der Waals surface area (Å²) in [5.41, 5.74) is 0.163. The summed E-state index contributed by atoms with van der Waals surface area (Å²) in [6.07, 6.45) is 5.11. The van der Waals surface area contributed by atoms with Gasteiger partial charge in [0.25, 0.3) is 0 Å². The molecule has 2 unspecified atom stereocenters. The van der Waals surface area contributed by atoms with Crippen molar-refractivity contribution in [1.29, 1.82) is 0 Å². The van der Waals surface area contributed by atoms with Gasteiger partial charge in [-0.3, -0.25) is 0 Å². The molecule has 0 radical (unpaired) electrons. The van der Waals surface area contributed by atoms with Gasteiger partial charge >= 0.3 is 0 Å². The van der Waals surface area contributed by atoms with Crippen molar-refractivity contribution in [3.8, 4) is 0 Å². The van der Waals surface area contributed by atoms with E-state index in [1.165, 1.54) is 24.6 Å². The number of halogens is 2. The van der Waals surface area contributed by atoms with Crippen LogP contribution in [-0.2, 0) is 4.74 Å². The average Bonchev–Trinajstić information content (AvgIpc) is 2.41. The quantitative estimate of drug-likeness (QED) is 0.914. The van der Waals surface area contributed by atoms with E-state index < -0.39 is 11.6 Å². The first kappa shape index (κ1) is 14.0. The summed E-state index contributed by atoms with van der Waals surface area (Å²) in [5.74, 6) is -0.697. The van der Waals surface area contributed by atoms with Crippen molar-refractivity contribution < 1.29 is 13.5 Å². The third kappa shape index (κ3) is 2.35. The molecule has 1 aliphatic heterocycles. The Morgan fingerprint density at radius 3 is 2.55 bits per heavy atom. The molecular formula is C16H21F2NO. The van der Waals surface area contributed by atoms with Crippen LogP contribution in [0.4, 0.5) is 8.78 Å². The fraction of sp³-hybridized carbons (Fsp3) is 0.625. The van der Waals surface area contributed by atoms with Crippen LogP contribution in [0.5, 0.6) is 0 Å². The van der Waals surface area contributed by atoms with E-state index in [2.05, 4.69) is 5.32 Å². The first-order valence-electron chi connectivity index (χ1n) is 7.40. The fourth-order valence-corrected chi connectivity index (χ4v) is 3.69. The van der Waals surface area contributed by atoms with Gasteiger partial charge in [-0.1, -0.05) is 6.07 Å². The van der Waals surface area contributed by atoms with Crippen LogP contribution in [0.3, 0.4) is 0 Å². The summed E-state index contributed by atoms with van der Waals surface area (Å²) in [4.78, 5) is 0. The number of hydrogen-bond acceptors (Lipinski definition) is 2. The predicted octanol–water partition coefficient (Wildman–Crippen LogP) is 3.57. The third-order valence-electron chi connectivity index (χ3n) is 4.89. The summed E-state index contributed by atoms with van der Waals surface area (Å²) in [6, 6.07) is 3.80. The molecule has 4 heteroatoms. The molecule has 110 valence electrons. The molecule has 1 saturated carbocycles. The molecule has 1 spiro atoms. The number of ether oxygens (including phenoxy) is 1. The summed E-state index contributed by atoms with van der Waals surface area (Å²) < 4.78 is 33.9. The Bertz CT molecular complexity index is 467. The molecule has 1 aliphatic carbocycles. The van der Waals surface area contributed by atoms with Crippen molar-refractivity contribution in [3.63, 3.8) is 0 Å². The second-order valence-electron chi connectivity index (χ2n) is 6.04. The Balaban J connectivity index is 1.86. The van der Waals surface area contributed by atoms with Crippen LogP contribution in [0.1, 0.15) is 43.7 Å². The summed E-state index contributed by atoms with van der Waals surface area (Å²) in [5, 5.41) is 3.12. The minimum atomic E-state index is -0.460. The maximum absolute atomic E-state index is 14.0. The first-order valence-corrected chi connectivity index (χ1v) is 7.40. The molecule has 1 saturated heterocycles. The van der Waals surface area contributed by atoms with E-state index in [4.69, 9.17) is 4.74 Å². The van der Waals surface area contributed by atoms with Gasteiger partial charge in [0, 0.05) is 18.2 Å². The molecule has 1 aromatic carbocycles. The topological polar surface area (TPSA) is 21.3 Å². The van der Waals surface area contributed by atoms with E-state index >= 15 is 0 Å². The summed E-state index contributed by atoms with van der Waals surface area (Å²) >= 11 is 0. The Hall–Kier alpha value is -1.00. The molecule has 1 heterocycles. The average molecular weight is 281 g/mol. The first-order chi connectivity index (χ1) is 9.65. The monoisotopic (exact) mass is 281 g/mol.